The minimum atomic E-state index is -0.990. The number of hydrogen-bond acceptors (Lipinski definition) is 3. The lowest BCUT2D eigenvalue weighted by Gasteiger charge is -2.14. The van der Waals surface area contributed by atoms with Crippen molar-refractivity contribution in [1.29, 1.82) is 0 Å². The standard InChI is InChI=1S/C13H20N2O3S/c1-3-4-5-10(12(16)17)15-13(18)14-8-11-9(2)6-7-19-11/h6-7,10H,3-5,8H2,1-2H3,(H,16,17)(H2,14,15,18). The molecule has 0 fully saturated rings. The van der Waals surface area contributed by atoms with Crippen LogP contribution in [0, 0.1) is 6.92 Å². The molecule has 0 aliphatic carbocycles. The molecule has 1 unspecified atom stereocenters. The van der Waals surface area contributed by atoms with Crippen molar-refractivity contribution < 1.29 is 14.7 Å². The van der Waals surface area contributed by atoms with Crippen molar-refractivity contribution in [3.8, 4) is 0 Å². The third-order valence-corrected chi connectivity index (χ3v) is 3.85. The van der Waals surface area contributed by atoms with E-state index in [1.807, 2.05) is 25.3 Å². The Morgan fingerprint density at radius 2 is 2.21 bits per heavy atom. The fourth-order valence-electron chi connectivity index (χ4n) is 1.62. The van der Waals surface area contributed by atoms with Gasteiger partial charge in [-0.15, -0.1) is 11.3 Å². The Hall–Kier alpha value is -1.56. The summed E-state index contributed by atoms with van der Waals surface area (Å²) in [4.78, 5) is 23.7. The molecule has 0 aliphatic rings. The lowest BCUT2D eigenvalue weighted by molar-refractivity contribution is -0.139. The first-order valence-electron chi connectivity index (χ1n) is 6.34. The van der Waals surface area contributed by atoms with E-state index in [9.17, 15) is 9.59 Å². The molecule has 2 amide bonds. The molecule has 0 aromatic carbocycles. The van der Waals surface area contributed by atoms with Gasteiger partial charge in [0.05, 0.1) is 6.54 Å². The Kier molecular flexibility index (Phi) is 6.35. The smallest absolute Gasteiger partial charge is 0.326 e. The van der Waals surface area contributed by atoms with Gasteiger partial charge in [-0.3, -0.25) is 0 Å². The van der Waals surface area contributed by atoms with Gasteiger partial charge in [0.25, 0.3) is 0 Å². The lowest BCUT2D eigenvalue weighted by Crippen LogP contribution is -2.45. The fraction of sp³-hybridized carbons (Fsp3) is 0.538. The minimum Gasteiger partial charge on any atom is -0.480 e. The minimum absolute atomic E-state index is 0.426. The van der Waals surface area contributed by atoms with Crippen LogP contribution in [0.15, 0.2) is 11.4 Å². The van der Waals surface area contributed by atoms with Crippen LogP contribution in [0.25, 0.3) is 0 Å². The van der Waals surface area contributed by atoms with E-state index in [2.05, 4.69) is 10.6 Å². The van der Waals surface area contributed by atoms with Gasteiger partial charge in [-0.25, -0.2) is 9.59 Å². The Bertz CT molecular complexity index is 431. The fourth-order valence-corrected chi connectivity index (χ4v) is 2.47. The van der Waals surface area contributed by atoms with Gasteiger partial charge < -0.3 is 15.7 Å². The van der Waals surface area contributed by atoms with E-state index in [0.717, 1.165) is 23.3 Å². The molecular formula is C13H20N2O3S. The Balaban J connectivity index is 2.40. The van der Waals surface area contributed by atoms with Crippen LogP contribution in [-0.2, 0) is 11.3 Å². The van der Waals surface area contributed by atoms with Crippen molar-refractivity contribution in [2.24, 2.45) is 0 Å². The molecule has 0 bridgehead atoms. The topological polar surface area (TPSA) is 78.4 Å². The molecule has 106 valence electrons. The van der Waals surface area contributed by atoms with Gasteiger partial charge in [-0.2, -0.15) is 0 Å². The number of carboxylic acids is 1. The van der Waals surface area contributed by atoms with Crippen molar-refractivity contribution in [3.05, 3.63) is 21.9 Å². The van der Waals surface area contributed by atoms with Crippen LogP contribution in [0.4, 0.5) is 4.79 Å². The highest BCUT2D eigenvalue weighted by atomic mass is 32.1. The molecule has 6 heteroatoms. The van der Waals surface area contributed by atoms with E-state index < -0.39 is 18.0 Å². The SMILES string of the molecule is CCCCC(NC(=O)NCc1sccc1C)C(=O)O. The van der Waals surface area contributed by atoms with E-state index in [1.165, 1.54) is 0 Å². The van der Waals surface area contributed by atoms with Gasteiger partial charge in [0, 0.05) is 4.88 Å². The van der Waals surface area contributed by atoms with Gasteiger partial charge in [0.15, 0.2) is 0 Å². The average molecular weight is 284 g/mol. The molecule has 1 aromatic rings. The van der Waals surface area contributed by atoms with E-state index in [1.54, 1.807) is 11.3 Å². The number of nitrogens with one attached hydrogen (secondary N) is 2. The maximum absolute atomic E-state index is 11.6. The predicted molar refractivity (Wildman–Crippen MR) is 75.4 cm³/mol. The summed E-state index contributed by atoms with van der Waals surface area (Å²) in [6.45, 7) is 4.39. The molecule has 0 aliphatic heterocycles. The summed E-state index contributed by atoms with van der Waals surface area (Å²) in [6.07, 6.45) is 2.14. The van der Waals surface area contributed by atoms with Crippen LogP contribution in [-0.4, -0.2) is 23.1 Å². The second-order valence-corrected chi connectivity index (χ2v) is 5.39. The summed E-state index contributed by atoms with van der Waals surface area (Å²) in [5.74, 6) is -0.990. The van der Waals surface area contributed by atoms with Gasteiger partial charge in [-0.05, 0) is 30.4 Å². The summed E-state index contributed by atoms with van der Waals surface area (Å²) in [5.41, 5.74) is 1.13. The van der Waals surface area contributed by atoms with Gasteiger partial charge in [-0.1, -0.05) is 19.8 Å². The van der Waals surface area contributed by atoms with Crippen LogP contribution < -0.4 is 10.6 Å². The van der Waals surface area contributed by atoms with Crippen LogP contribution in [0.5, 0.6) is 0 Å². The maximum atomic E-state index is 11.6. The van der Waals surface area contributed by atoms with Crippen molar-refractivity contribution in [2.45, 2.75) is 45.7 Å². The second kappa shape index (κ2) is 7.78. The first-order chi connectivity index (χ1) is 9.04. The summed E-state index contributed by atoms with van der Waals surface area (Å²) in [7, 11) is 0. The number of thiophene rings is 1. The largest absolute Gasteiger partial charge is 0.480 e. The normalized spacial score (nSPS) is 11.9. The number of rotatable bonds is 7. The molecule has 1 atom stereocenters. The molecular weight excluding hydrogens is 264 g/mol. The number of carboxylic acid groups (broad SMARTS) is 1. The van der Waals surface area contributed by atoms with E-state index >= 15 is 0 Å². The molecule has 1 heterocycles. The highest BCUT2D eigenvalue weighted by Crippen LogP contribution is 2.14. The first kappa shape index (κ1) is 15.5. The number of aliphatic carboxylic acids is 1. The Morgan fingerprint density at radius 1 is 1.47 bits per heavy atom. The van der Waals surface area contributed by atoms with E-state index in [-0.39, 0.29) is 0 Å². The molecule has 1 aromatic heterocycles. The van der Waals surface area contributed by atoms with Crippen LogP contribution in [0.1, 0.15) is 36.6 Å². The zero-order valence-corrected chi connectivity index (χ0v) is 12.0. The summed E-state index contributed by atoms with van der Waals surface area (Å²) < 4.78 is 0. The molecule has 19 heavy (non-hydrogen) atoms. The number of unbranched alkanes of at least 4 members (excludes halogenated alkanes) is 1. The monoisotopic (exact) mass is 284 g/mol. The summed E-state index contributed by atoms with van der Waals surface area (Å²) >= 11 is 1.57. The van der Waals surface area contributed by atoms with Gasteiger partial charge in [0.2, 0.25) is 0 Å². The quantitative estimate of drug-likeness (QED) is 0.720. The number of carbonyl (C=O) groups excluding carboxylic acids is 1. The number of carbonyl (C=O) groups is 2. The van der Waals surface area contributed by atoms with Crippen molar-refractivity contribution >= 4 is 23.3 Å². The second-order valence-electron chi connectivity index (χ2n) is 4.39. The third kappa shape index (κ3) is 5.30. The zero-order valence-electron chi connectivity index (χ0n) is 11.2. The predicted octanol–water partition coefficient (Wildman–Crippen LogP) is 2.50. The van der Waals surface area contributed by atoms with Crippen LogP contribution in [0.3, 0.4) is 0 Å². The number of hydrogen-bond donors (Lipinski definition) is 3. The van der Waals surface area contributed by atoms with Crippen LogP contribution in [0.2, 0.25) is 0 Å². The maximum Gasteiger partial charge on any atom is 0.326 e. The highest BCUT2D eigenvalue weighted by molar-refractivity contribution is 7.10. The zero-order chi connectivity index (χ0) is 14.3. The van der Waals surface area contributed by atoms with Crippen molar-refractivity contribution in [2.75, 3.05) is 0 Å². The Morgan fingerprint density at radius 3 is 2.74 bits per heavy atom. The highest BCUT2D eigenvalue weighted by Gasteiger charge is 2.18. The summed E-state index contributed by atoms with van der Waals surface area (Å²) in [5, 5.41) is 16.1. The number of urea groups is 1. The van der Waals surface area contributed by atoms with E-state index in [4.69, 9.17) is 5.11 Å². The molecule has 0 radical (unpaired) electrons. The molecule has 0 spiro atoms. The average Bonchev–Trinajstić information content (AvgIpc) is 2.77. The lowest BCUT2D eigenvalue weighted by atomic mass is 10.1. The molecule has 1 rings (SSSR count). The molecule has 5 nitrogen and oxygen atoms in total. The van der Waals surface area contributed by atoms with Gasteiger partial charge in [0.1, 0.15) is 6.04 Å². The van der Waals surface area contributed by atoms with Crippen LogP contribution >= 0.6 is 11.3 Å². The van der Waals surface area contributed by atoms with Gasteiger partial charge >= 0.3 is 12.0 Å². The first-order valence-corrected chi connectivity index (χ1v) is 7.22. The van der Waals surface area contributed by atoms with Crippen molar-refractivity contribution in [1.82, 2.24) is 10.6 Å². The molecule has 3 N–H and O–H groups in total. The van der Waals surface area contributed by atoms with E-state index in [0.29, 0.717) is 13.0 Å². The Labute approximate surface area is 117 Å². The molecule has 0 saturated heterocycles. The molecule has 0 saturated carbocycles. The number of aryl methyl sites for hydroxylation is 1. The number of amides is 2. The van der Waals surface area contributed by atoms with Crippen molar-refractivity contribution in [3.63, 3.8) is 0 Å². The third-order valence-electron chi connectivity index (χ3n) is 2.83. The summed E-state index contributed by atoms with van der Waals surface area (Å²) in [6, 6.07) is 0.738.